The van der Waals surface area contributed by atoms with E-state index in [1.807, 2.05) is 27.7 Å². The topological polar surface area (TPSA) is 52.6 Å². The van der Waals surface area contributed by atoms with E-state index in [1.54, 1.807) is 0 Å². The Balaban J connectivity index is 4.34. The molecule has 3 unspecified atom stereocenters. The average Bonchev–Trinajstić information content (AvgIpc) is 2.47. The molecule has 4 nitrogen and oxygen atoms in total. The first-order valence-corrected chi connectivity index (χ1v) is 7.83. The van der Waals surface area contributed by atoms with Crippen LogP contribution in [0.5, 0.6) is 0 Å². The number of carbonyl (C=O) groups excluding carboxylic acids is 2. The van der Waals surface area contributed by atoms with E-state index >= 15 is 0 Å². The third kappa shape index (κ3) is 7.51. The standard InChI is InChI=1S/C16H30O4/c1-6-9-10-14(20-16(18)13(5)8-3)11-19-15(17)12(4)7-2/h12-14H,6-11H2,1-5H3. The summed E-state index contributed by atoms with van der Waals surface area (Å²) in [6, 6.07) is 0. The number of unbranched alkanes of at least 4 members (excludes halogenated alkanes) is 1. The Hall–Kier alpha value is -1.06. The minimum Gasteiger partial charge on any atom is -0.462 e. The van der Waals surface area contributed by atoms with Gasteiger partial charge >= 0.3 is 11.9 Å². The second kappa shape index (κ2) is 10.7. The van der Waals surface area contributed by atoms with Crippen LogP contribution in [0.1, 0.15) is 66.7 Å². The summed E-state index contributed by atoms with van der Waals surface area (Å²) in [4.78, 5) is 23.5. The van der Waals surface area contributed by atoms with E-state index in [1.165, 1.54) is 0 Å². The molecule has 0 amide bonds. The molecule has 0 aromatic rings. The zero-order valence-corrected chi connectivity index (χ0v) is 13.6. The summed E-state index contributed by atoms with van der Waals surface area (Å²) in [5.41, 5.74) is 0. The van der Waals surface area contributed by atoms with Gasteiger partial charge in [-0.3, -0.25) is 9.59 Å². The Bertz CT molecular complexity index is 288. The van der Waals surface area contributed by atoms with Crippen LogP contribution in [0.4, 0.5) is 0 Å². The molecule has 0 saturated carbocycles. The number of hydrogen-bond acceptors (Lipinski definition) is 4. The van der Waals surface area contributed by atoms with E-state index in [0.29, 0.717) is 0 Å². The fourth-order valence-electron chi connectivity index (χ4n) is 1.54. The van der Waals surface area contributed by atoms with Crippen LogP contribution in [0.25, 0.3) is 0 Å². The van der Waals surface area contributed by atoms with Gasteiger partial charge in [-0.1, -0.05) is 41.0 Å². The number of ether oxygens (including phenoxy) is 2. The zero-order valence-electron chi connectivity index (χ0n) is 13.6. The summed E-state index contributed by atoms with van der Waals surface area (Å²) in [7, 11) is 0. The molecule has 0 bridgehead atoms. The van der Waals surface area contributed by atoms with Gasteiger partial charge in [0.15, 0.2) is 0 Å². The van der Waals surface area contributed by atoms with Crippen LogP contribution in [-0.4, -0.2) is 24.6 Å². The van der Waals surface area contributed by atoms with Gasteiger partial charge in [-0.05, 0) is 25.7 Å². The Morgan fingerprint density at radius 2 is 1.50 bits per heavy atom. The van der Waals surface area contributed by atoms with Gasteiger partial charge < -0.3 is 9.47 Å². The van der Waals surface area contributed by atoms with E-state index in [2.05, 4.69) is 6.92 Å². The first-order chi connectivity index (χ1) is 9.46. The Morgan fingerprint density at radius 1 is 0.950 bits per heavy atom. The van der Waals surface area contributed by atoms with Crippen molar-refractivity contribution in [2.24, 2.45) is 11.8 Å². The van der Waals surface area contributed by atoms with Gasteiger partial charge in [0.25, 0.3) is 0 Å². The fraction of sp³-hybridized carbons (Fsp3) is 0.875. The number of rotatable bonds is 10. The summed E-state index contributed by atoms with van der Waals surface area (Å²) >= 11 is 0. The van der Waals surface area contributed by atoms with Crippen molar-refractivity contribution in [3.63, 3.8) is 0 Å². The van der Waals surface area contributed by atoms with Crippen LogP contribution in [-0.2, 0) is 19.1 Å². The average molecular weight is 286 g/mol. The lowest BCUT2D eigenvalue weighted by atomic mass is 10.1. The van der Waals surface area contributed by atoms with Crippen molar-refractivity contribution in [3.05, 3.63) is 0 Å². The van der Waals surface area contributed by atoms with Crippen molar-refractivity contribution in [1.29, 1.82) is 0 Å². The predicted octanol–water partition coefficient (Wildman–Crippen LogP) is 3.72. The van der Waals surface area contributed by atoms with E-state index < -0.39 is 0 Å². The molecule has 0 heterocycles. The van der Waals surface area contributed by atoms with Crippen molar-refractivity contribution >= 4 is 11.9 Å². The van der Waals surface area contributed by atoms with Gasteiger partial charge in [0, 0.05) is 0 Å². The first-order valence-electron chi connectivity index (χ1n) is 7.83. The second-order valence-electron chi connectivity index (χ2n) is 5.45. The van der Waals surface area contributed by atoms with Gasteiger partial charge in [-0.25, -0.2) is 0 Å². The molecular weight excluding hydrogens is 256 g/mol. The molecule has 118 valence electrons. The number of carbonyl (C=O) groups is 2. The lowest BCUT2D eigenvalue weighted by Crippen LogP contribution is -2.29. The summed E-state index contributed by atoms with van der Waals surface area (Å²) in [6.07, 6.45) is 3.92. The van der Waals surface area contributed by atoms with E-state index in [0.717, 1.165) is 32.1 Å². The maximum absolute atomic E-state index is 11.8. The van der Waals surface area contributed by atoms with Gasteiger partial charge in [0.05, 0.1) is 11.8 Å². The second-order valence-corrected chi connectivity index (χ2v) is 5.45. The number of hydrogen-bond donors (Lipinski definition) is 0. The third-order valence-corrected chi connectivity index (χ3v) is 3.60. The van der Waals surface area contributed by atoms with Crippen molar-refractivity contribution in [2.75, 3.05) is 6.61 Å². The number of esters is 2. The highest BCUT2D eigenvalue weighted by molar-refractivity contribution is 5.73. The molecule has 0 saturated heterocycles. The molecule has 3 atom stereocenters. The summed E-state index contributed by atoms with van der Waals surface area (Å²) in [5, 5.41) is 0. The Labute approximate surface area is 123 Å². The molecule has 0 aromatic heterocycles. The van der Waals surface area contributed by atoms with Crippen LogP contribution in [0.3, 0.4) is 0 Å². The van der Waals surface area contributed by atoms with Gasteiger partial charge in [-0.2, -0.15) is 0 Å². The molecule has 0 aliphatic heterocycles. The van der Waals surface area contributed by atoms with Gasteiger partial charge in [0.1, 0.15) is 12.7 Å². The summed E-state index contributed by atoms with van der Waals surface area (Å²) in [6.45, 7) is 9.85. The van der Waals surface area contributed by atoms with Crippen molar-refractivity contribution in [3.8, 4) is 0 Å². The predicted molar refractivity (Wildman–Crippen MR) is 79.3 cm³/mol. The summed E-state index contributed by atoms with van der Waals surface area (Å²) < 4.78 is 10.7. The highest BCUT2D eigenvalue weighted by Gasteiger charge is 2.21. The van der Waals surface area contributed by atoms with E-state index in [4.69, 9.17) is 9.47 Å². The smallest absolute Gasteiger partial charge is 0.309 e. The Kier molecular flexibility index (Phi) is 10.1. The Morgan fingerprint density at radius 3 is 2.00 bits per heavy atom. The summed E-state index contributed by atoms with van der Waals surface area (Å²) in [5.74, 6) is -0.627. The third-order valence-electron chi connectivity index (χ3n) is 3.60. The van der Waals surface area contributed by atoms with Crippen LogP contribution < -0.4 is 0 Å². The first kappa shape index (κ1) is 18.9. The largest absolute Gasteiger partial charge is 0.462 e. The molecule has 0 spiro atoms. The SMILES string of the molecule is CCCCC(COC(=O)C(C)CC)OC(=O)C(C)CC. The lowest BCUT2D eigenvalue weighted by Gasteiger charge is -2.20. The highest BCUT2D eigenvalue weighted by Crippen LogP contribution is 2.12. The van der Waals surface area contributed by atoms with Crippen LogP contribution in [0.2, 0.25) is 0 Å². The molecule has 0 N–H and O–H groups in total. The minimum atomic E-state index is -0.315. The van der Waals surface area contributed by atoms with Crippen molar-refractivity contribution in [1.82, 2.24) is 0 Å². The normalized spacial score (nSPS) is 15.2. The molecule has 0 aliphatic carbocycles. The maximum atomic E-state index is 11.8. The van der Waals surface area contributed by atoms with Gasteiger partial charge in [-0.15, -0.1) is 0 Å². The molecule has 0 aromatic carbocycles. The molecular formula is C16H30O4. The fourth-order valence-corrected chi connectivity index (χ4v) is 1.54. The van der Waals surface area contributed by atoms with Crippen LogP contribution in [0, 0.1) is 11.8 Å². The monoisotopic (exact) mass is 286 g/mol. The zero-order chi connectivity index (χ0) is 15.5. The molecule has 20 heavy (non-hydrogen) atoms. The highest BCUT2D eigenvalue weighted by atomic mass is 16.6. The van der Waals surface area contributed by atoms with Crippen LogP contribution in [0.15, 0.2) is 0 Å². The molecule has 0 rings (SSSR count). The van der Waals surface area contributed by atoms with E-state index in [-0.39, 0.29) is 36.5 Å². The minimum absolute atomic E-state index is 0.105. The van der Waals surface area contributed by atoms with Crippen LogP contribution >= 0.6 is 0 Å². The molecule has 0 fully saturated rings. The lowest BCUT2D eigenvalue weighted by molar-refractivity contribution is -0.164. The molecule has 0 aliphatic rings. The molecule has 4 heteroatoms. The van der Waals surface area contributed by atoms with Crippen molar-refractivity contribution < 1.29 is 19.1 Å². The van der Waals surface area contributed by atoms with Crippen molar-refractivity contribution in [2.45, 2.75) is 72.8 Å². The maximum Gasteiger partial charge on any atom is 0.309 e. The van der Waals surface area contributed by atoms with E-state index in [9.17, 15) is 9.59 Å². The quantitative estimate of drug-likeness (QED) is 0.574. The van der Waals surface area contributed by atoms with Gasteiger partial charge in [0.2, 0.25) is 0 Å². The molecule has 0 radical (unpaired) electrons.